The molecule has 1 aliphatic rings. The first-order valence-electron chi connectivity index (χ1n) is 6.36. The van der Waals surface area contributed by atoms with Gasteiger partial charge in [-0.05, 0) is 33.8 Å². The van der Waals surface area contributed by atoms with E-state index in [1.165, 1.54) is 0 Å². The molecule has 1 aromatic carbocycles. The predicted octanol–water partition coefficient (Wildman–Crippen LogP) is 1.93. The van der Waals surface area contributed by atoms with Gasteiger partial charge in [0.25, 0.3) is 6.09 Å². The molecule has 1 amide bonds. The van der Waals surface area contributed by atoms with Gasteiger partial charge in [0.2, 0.25) is 0 Å². The highest BCUT2D eigenvalue weighted by Crippen LogP contribution is 2.43. The van der Waals surface area contributed by atoms with Crippen LogP contribution in [-0.4, -0.2) is 24.8 Å². The number of hydrogen-bond acceptors (Lipinski definition) is 3. The van der Waals surface area contributed by atoms with Gasteiger partial charge in [0, 0.05) is 12.1 Å². The molecule has 0 saturated heterocycles. The Morgan fingerprint density at radius 2 is 1.89 bits per heavy atom. The lowest BCUT2D eigenvalue weighted by molar-refractivity contribution is -0.265. The van der Waals surface area contributed by atoms with Gasteiger partial charge in [0.1, 0.15) is 5.69 Å². The van der Waals surface area contributed by atoms with Crippen molar-refractivity contribution >= 4 is 17.5 Å². The van der Waals surface area contributed by atoms with Gasteiger partial charge in [-0.25, -0.2) is 4.48 Å². The molecular formula is C14H20N2O2. The second kappa shape index (κ2) is 4.28. The lowest BCUT2D eigenvalue weighted by atomic mass is 10.2. The van der Waals surface area contributed by atoms with Crippen LogP contribution in [0.2, 0.25) is 0 Å². The van der Waals surface area contributed by atoms with E-state index in [2.05, 4.69) is 18.7 Å². The number of carbonyl (C=O) groups is 1. The number of anilines is 1. The summed E-state index contributed by atoms with van der Waals surface area (Å²) in [6.45, 7) is 8.45. The number of nitrogens with zero attached hydrogens (tertiary/aromatic N) is 2. The summed E-state index contributed by atoms with van der Waals surface area (Å²) in [6.07, 6.45) is -1.03. The zero-order valence-electron chi connectivity index (χ0n) is 11.4. The summed E-state index contributed by atoms with van der Waals surface area (Å²) >= 11 is 0. The van der Waals surface area contributed by atoms with Crippen molar-refractivity contribution in [2.75, 3.05) is 11.6 Å². The number of rotatable bonds is 2. The van der Waals surface area contributed by atoms with E-state index in [0.717, 1.165) is 11.4 Å². The van der Waals surface area contributed by atoms with E-state index < -0.39 is 6.09 Å². The number of benzene rings is 1. The summed E-state index contributed by atoms with van der Waals surface area (Å²) in [7, 11) is 0. The number of fused-ring (bicyclic) bond motifs is 1. The van der Waals surface area contributed by atoms with Gasteiger partial charge in [-0.3, -0.25) is 0 Å². The second-order valence-corrected chi connectivity index (χ2v) is 5.42. The molecule has 0 bridgehead atoms. The van der Waals surface area contributed by atoms with Crippen molar-refractivity contribution in [1.82, 2.24) is 4.48 Å². The summed E-state index contributed by atoms with van der Waals surface area (Å²) in [5, 5.41) is 11.7. The fourth-order valence-electron chi connectivity index (χ4n) is 2.69. The molecule has 2 rings (SSSR count). The second-order valence-electron chi connectivity index (χ2n) is 5.42. The van der Waals surface area contributed by atoms with Crippen LogP contribution in [0.3, 0.4) is 0 Å². The van der Waals surface area contributed by atoms with Crippen LogP contribution in [0.25, 0.3) is 0 Å². The number of amides is 1. The van der Waals surface area contributed by atoms with Crippen molar-refractivity contribution in [3.05, 3.63) is 24.3 Å². The highest BCUT2D eigenvalue weighted by atomic mass is 16.4. The van der Waals surface area contributed by atoms with Crippen molar-refractivity contribution in [3.8, 4) is 0 Å². The Balaban J connectivity index is 2.63. The van der Waals surface area contributed by atoms with Crippen LogP contribution in [-0.2, 0) is 0 Å². The van der Waals surface area contributed by atoms with Crippen LogP contribution in [0.15, 0.2) is 24.3 Å². The van der Waals surface area contributed by atoms with Crippen LogP contribution < -0.4 is 14.5 Å². The molecule has 1 aliphatic heterocycles. The lowest BCUT2D eigenvalue weighted by Gasteiger charge is -2.38. The van der Waals surface area contributed by atoms with Crippen LogP contribution in [0, 0.1) is 0 Å². The van der Waals surface area contributed by atoms with Crippen LogP contribution in [0.1, 0.15) is 27.7 Å². The van der Waals surface area contributed by atoms with E-state index in [0.29, 0.717) is 6.67 Å². The zero-order chi connectivity index (χ0) is 13.5. The third kappa shape index (κ3) is 1.60. The predicted molar refractivity (Wildman–Crippen MR) is 71.3 cm³/mol. The van der Waals surface area contributed by atoms with Gasteiger partial charge < -0.3 is 14.8 Å². The molecule has 4 heteroatoms. The minimum absolute atomic E-state index is 0.0556. The average Bonchev–Trinajstić information content (AvgIpc) is 2.65. The van der Waals surface area contributed by atoms with Gasteiger partial charge in [0.05, 0.1) is 6.04 Å². The number of carboxylic acid groups (broad SMARTS) is 1. The third-order valence-electron chi connectivity index (χ3n) is 3.83. The van der Waals surface area contributed by atoms with Gasteiger partial charge in [0.15, 0.2) is 12.4 Å². The Bertz CT molecular complexity index is 471. The molecule has 1 atom stereocenters. The smallest absolute Gasteiger partial charge is 0.264 e. The molecule has 1 heterocycles. The summed E-state index contributed by atoms with van der Waals surface area (Å²) < 4.78 is -0.117. The van der Waals surface area contributed by atoms with E-state index in [9.17, 15) is 9.90 Å². The van der Waals surface area contributed by atoms with Crippen molar-refractivity contribution in [2.45, 2.75) is 39.8 Å². The van der Waals surface area contributed by atoms with Crippen molar-refractivity contribution < 1.29 is 9.90 Å². The normalized spacial score (nSPS) is 22.7. The molecule has 0 aromatic heterocycles. The van der Waals surface area contributed by atoms with Gasteiger partial charge in [-0.1, -0.05) is 12.1 Å². The minimum atomic E-state index is -1.03. The molecule has 1 unspecified atom stereocenters. The van der Waals surface area contributed by atoms with E-state index in [1.54, 1.807) is 0 Å². The van der Waals surface area contributed by atoms with Crippen molar-refractivity contribution in [2.24, 2.45) is 0 Å². The first kappa shape index (κ1) is 12.9. The SMILES string of the molecule is CC(C)N1C[N+](C(=O)[O-])(C(C)C)c2ccccc21. The summed E-state index contributed by atoms with van der Waals surface area (Å²) in [6, 6.07) is 7.93. The van der Waals surface area contributed by atoms with Crippen molar-refractivity contribution in [1.29, 1.82) is 0 Å². The molecule has 18 heavy (non-hydrogen) atoms. The molecule has 0 spiro atoms. The fourth-order valence-corrected chi connectivity index (χ4v) is 2.69. The van der Waals surface area contributed by atoms with Gasteiger partial charge in [-0.15, -0.1) is 0 Å². The first-order chi connectivity index (χ1) is 8.41. The maximum atomic E-state index is 11.7. The largest absolute Gasteiger partial charge is 0.498 e. The highest BCUT2D eigenvalue weighted by Gasteiger charge is 2.47. The molecule has 1 aromatic rings. The molecule has 4 nitrogen and oxygen atoms in total. The fraction of sp³-hybridized carbons (Fsp3) is 0.500. The van der Waals surface area contributed by atoms with Crippen LogP contribution >= 0.6 is 0 Å². The summed E-state index contributed by atoms with van der Waals surface area (Å²) in [5.41, 5.74) is 1.84. The zero-order valence-corrected chi connectivity index (χ0v) is 11.4. The average molecular weight is 248 g/mol. The Morgan fingerprint density at radius 3 is 2.39 bits per heavy atom. The maximum absolute atomic E-state index is 11.7. The number of hydrogen-bond donors (Lipinski definition) is 0. The molecular weight excluding hydrogens is 228 g/mol. The number of carbonyl (C=O) groups excluding carboxylic acids is 1. The first-order valence-corrected chi connectivity index (χ1v) is 6.36. The summed E-state index contributed by atoms with van der Waals surface area (Å²) in [5.74, 6) is 0. The Morgan fingerprint density at radius 1 is 1.28 bits per heavy atom. The van der Waals surface area contributed by atoms with Gasteiger partial charge >= 0.3 is 0 Å². The quantitative estimate of drug-likeness (QED) is 0.751. The van der Waals surface area contributed by atoms with E-state index >= 15 is 0 Å². The third-order valence-corrected chi connectivity index (χ3v) is 3.83. The summed E-state index contributed by atoms with van der Waals surface area (Å²) in [4.78, 5) is 13.9. The molecule has 98 valence electrons. The number of para-hydroxylation sites is 2. The Kier molecular flexibility index (Phi) is 3.07. The lowest BCUT2D eigenvalue weighted by Crippen LogP contribution is -2.65. The van der Waals surface area contributed by atoms with Crippen LogP contribution in [0.5, 0.6) is 0 Å². The highest BCUT2D eigenvalue weighted by molar-refractivity contribution is 5.89. The molecule has 0 radical (unpaired) electrons. The van der Waals surface area contributed by atoms with Crippen LogP contribution in [0.4, 0.5) is 16.2 Å². The standard InChI is InChI=1S/C14H20N2O2/c1-10(2)15-9-16(11(3)4,14(17)18)13-8-6-5-7-12(13)15/h5-8,10-11H,9H2,1-4H3. The van der Waals surface area contributed by atoms with Gasteiger partial charge in [-0.2, -0.15) is 0 Å². The monoisotopic (exact) mass is 248 g/mol. The molecule has 0 aliphatic carbocycles. The topological polar surface area (TPSA) is 43.4 Å². The minimum Gasteiger partial charge on any atom is -0.498 e. The van der Waals surface area contributed by atoms with E-state index in [1.807, 2.05) is 38.1 Å². The Hall–Kier alpha value is -1.55. The number of quaternary nitrogens is 1. The molecule has 0 fully saturated rings. The molecule has 0 N–H and O–H groups in total. The maximum Gasteiger partial charge on any atom is 0.264 e. The Labute approximate surface area is 108 Å². The van der Waals surface area contributed by atoms with E-state index in [-0.39, 0.29) is 16.6 Å². The van der Waals surface area contributed by atoms with E-state index in [4.69, 9.17) is 0 Å². The molecule has 0 saturated carbocycles. The van der Waals surface area contributed by atoms with Crippen molar-refractivity contribution in [3.63, 3.8) is 0 Å².